The van der Waals surface area contributed by atoms with Crippen LogP contribution in [-0.4, -0.2) is 34.5 Å². The minimum Gasteiger partial charge on any atom is -0.485 e. The monoisotopic (exact) mass is 357 g/mol. The third-order valence-electron chi connectivity index (χ3n) is 4.62. The summed E-state index contributed by atoms with van der Waals surface area (Å²) in [5, 5.41) is 9.32. The Morgan fingerprint density at radius 2 is 2.04 bits per heavy atom. The fraction of sp³-hybridized carbons (Fsp3) is 0.400. The molecule has 26 heavy (non-hydrogen) atoms. The fourth-order valence-corrected chi connectivity index (χ4v) is 3.25. The number of rotatable bonds is 5. The lowest BCUT2D eigenvalue weighted by Gasteiger charge is -2.32. The van der Waals surface area contributed by atoms with E-state index in [1.165, 1.54) is 4.90 Å². The number of hydrogen-bond acceptors (Lipinski definition) is 4. The minimum atomic E-state index is -0.969. The van der Waals surface area contributed by atoms with Crippen LogP contribution in [-0.2, 0) is 11.4 Å². The number of amides is 1. The average molecular weight is 357 g/mol. The van der Waals surface area contributed by atoms with Crippen molar-refractivity contribution < 1.29 is 23.8 Å². The van der Waals surface area contributed by atoms with E-state index in [0.717, 1.165) is 29.7 Å². The van der Waals surface area contributed by atoms with E-state index in [4.69, 9.17) is 9.15 Å². The quantitative estimate of drug-likeness (QED) is 0.885. The number of aliphatic carboxylic acids is 1. The van der Waals surface area contributed by atoms with Crippen LogP contribution in [0.5, 0.6) is 5.75 Å². The molecule has 138 valence electrons. The van der Waals surface area contributed by atoms with Crippen molar-refractivity contribution in [2.24, 2.45) is 0 Å². The van der Waals surface area contributed by atoms with Crippen molar-refractivity contribution in [1.82, 2.24) is 4.90 Å². The molecular weight excluding hydrogens is 334 g/mol. The van der Waals surface area contributed by atoms with E-state index < -0.39 is 12.0 Å². The van der Waals surface area contributed by atoms with Gasteiger partial charge in [-0.1, -0.05) is 17.7 Å². The van der Waals surface area contributed by atoms with Crippen LogP contribution in [0.3, 0.4) is 0 Å². The largest absolute Gasteiger partial charge is 0.485 e. The van der Waals surface area contributed by atoms with Crippen LogP contribution in [0.4, 0.5) is 0 Å². The topological polar surface area (TPSA) is 80.0 Å². The molecule has 1 unspecified atom stereocenters. The molecule has 1 aliphatic rings. The standard InChI is InChI=1S/C20H23NO5/c1-13-6-8-17(14(2)11-13)25-12-15-7-9-18(26-15)19(22)21-10-4-3-5-16(21)20(23)24/h6-9,11,16H,3-5,10,12H2,1-2H3,(H,23,24). The molecule has 0 saturated carbocycles. The fourth-order valence-electron chi connectivity index (χ4n) is 3.25. The van der Waals surface area contributed by atoms with Crippen molar-refractivity contribution in [3.63, 3.8) is 0 Å². The van der Waals surface area contributed by atoms with Gasteiger partial charge in [-0.05, 0) is 56.9 Å². The molecule has 2 heterocycles. The summed E-state index contributed by atoms with van der Waals surface area (Å²) in [6.07, 6.45) is 2.09. The highest BCUT2D eigenvalue weighted by Gasteiger charge is 2.33. The molecule has 1 aliphatic heterocycles. The van der Waals surface area contributed by atoms with Crippen molar-refractivity contribution in [3.8, 4) is 5.75 Å². The molecule has 0 spiro atoms. The van der Waals surface area contributed by atoms with Gasteiger partial charge in [0.2, 0.25) is 0 Å². The highest BCUT2D eigenvalue weighted by atomic mass is 16.5. The lowest BCUT2D eigenvalue weighted by atomic mass is 10.0. The molecule has 1 N–H and O–H groups in total. The molecule has 0 bridgehead atoms. The van der Waals surface area contributed by atoms with E-state index in [0.29, 0.717) is 18.7 Å². The van der Waals surface area contributed by atoms with Crippen LogP contribution in [0.25, 0.3) is 0 Å². The van der Waals surface area contributed by atoms with E-state index in [1.54, 1.807) is 12.1 Å². The number of aryl methyl sites for hydroxylation is 2. The average Bonchev–Trinajstić information content (AvgIpc) is 3.09. The van der Waals surface area contributed by atoms with E-state index in [1.807, 2.05) is 32.0 Å². The van der Waals surface area contributed by atoms with Crippen molar-refractivity contribution in [2.45, 2.75) is 45.8 Å². The first kappa shape index (κ1) is 18.0. The number of carbonyl (C=O) groups is 2. The van der Waals surface area contributed by atoms with Gasteiger partial charge in [-0.15, -0.1) is 0 Å². The zero-order valence-corrected chi connectivity index (χ0v) is 15.0. The molecule has 1 atom stereocenters. The highest BCUT2D eigenvalue weighted by Crippen LogP contribution is 2.23. The van der Waals surface area contributed by atoms with Crippen LogP contribution in [0.1, 0.15) is 46.7 Å². The Balaban J connectivity index is 1.67. The first-order chi connectivity index (χ1) is 12.5. The Morgan fingerprint density at radius 1 is 1.23 bits per heavy atom. The van der Waals surface area contributed by atoms with Gasteiger partial charge in [0.15, 0.2) is 5.76 Å². The molecule has 1 aromatic heterocycles. The Morgan fingerprint density at radius 3 is 2.77 bits per heavy atom. The molecule has 1 fully saturated rings. The van der Waals surface area contributed by atoms with Crippen molar-refractivity contribution >= 4 is 11.9 Å². The summed E-state index contributed by atoms with van der Waals surface area (Å²) in [5.74, 6) is 0.0920. The number of furan rings is 1. The Bertz CT molecular complexity index is 810. The van der Waals surface area contributed by atoms with Gasteiger partial charge in [-0.2, -0.15) is 0 Å². The first-order valence-corrected chi connectivity index (χ1v) is 8.78. The van der Waals surface area contributed by atoms with E-state index >= 15 is 0 Å². The van der Waals surface area contributed by atoms with Crippen molar-refractivity contribution in [1.29, 1.82) is 0 Å². The molecule has 3 rings (SSSR count). The second-order valence-corrected chi connectivity index (χ2v) is 6.67. The maximum absolute atomic E-state index is 12.6. The van der Waals surface area contributed by atoms with E-state index in [-0.39, 0.29) is 18.3 Å². The number of hydrogen-bond donors (Lipinski definition) is 1. The SMILES string of the molecule is Cc1ccc(OCc2ccc(C(=O)N3CCCCC3C(=O)O)o2)c(C)c1. The molecule has 1 amide bonds. The number of likely N-dealkylation sites (tertiary alicyclic amines) is 1. The van der Waals surface area contributed by atoms with Gasteiger partial charge in [0.25, 0.3) is 5.91 Å². The van der Waals surface area contributed by atoms with Gasteiger partial charge in [0.05, 0.1) is 0 Å². The van der Waals surface area contributed by atoms with Crippen LogP contribution in [0.2, 0.25) is 0 Å². The molecule has 0 aliphatic carbocycles. The number of carboxylic acid groups (broad SMARTS) is 1. The summed E-state index contributed by atoms with van der Waals surface area (Å²) >= 11 is 0. The highest BCUT2D eigenvalue weighted by molar-refractivity contribution is 5.94. The van der Waals surface area contributed by atoms with Gasteiger partial charge in [-0.25, -0.2) is 4.79 Å². The second kappa shape index (κ2) is 7.64. The predicted octanol–water partition coefficient (Wildman–Crippen LogP) is 3.55. The van der Waals surface area contributed by atoms with Gasteiger partial charge < -0.3 is 19.2 Å². The van der Waals surface area contributed by atoms with Crippen LogP contribution in [0.15, 0.2) is 34.7 Å². The second-order valence-electron chi connectivity index (χ2n) is 6.67. The van der Waals surface area contributed by atoms with Crippen LogP contribution in [0, 0.1) is 13.8 Å². The summed E-state index contributed by atoms with van der Waals surface area (Å²) in [5.41, 5.74) is 2.20. The van der Waals surface area contributed by atoms with Crippen molar-refractivity contribution in [3.05, 3.63) is 53.0 Å². The summed E-state index contributed by atoms with van der Waals surface area (Å²) < 4.78 is 11.4. The van der Waals surface area contributed by atoms with Gasteiger partial charge >= 0.3 is 5.97 Å². The third-order valence-corrected chi connectivity index (χ3v) is 4.62. The zero-order chi connectivity index (χ0) is 18.7. The summed E-state index contributed by atoms with van der Waals surface area (Å²) in [6, 6.07) is 8.41. The lowest BCUT2D eigenvalue weighted by molar-refractivity contribution is -0.143. The number of carboxylic acids is 1. The first-order valence-electron chi connectivity index (χ1n) is 8.78. The molecule has 1 aromatic carbocycles. The summed E-state index contributed by atoms with van der Waals surface area (Å²) in [7, 11) is 0. The Hall–Kier alpha value is -2.76. The number of ether oxygens (including phenoxy) is 1. The third kappa shape index (κ3) is 3.90. The maximum atomic E-state index is 12.6. The smallest absolute Gasteiger partial charge is 0.326 e. The predicted molar refractivity (Wildman–Crippen MR) is 95.3 cm³/mol. The Kier molecular flexibility index (Phi) is 5.30. The van der Waals surface area contributed by atoms with Crippen LogP contribution < -0.4 is 4.74 Å². The maximum Gasteiger partial charge on any atom is 0.326 e. The van der Waals surface area contributed by atoms with Gasteiger partial charge in [0, 0.05) is 6.54 Å². The number of benzene rings is 1. The van der Waals surface area contributed by atoms with Crippen molar-refractivity contribution in [2.75, 3.05) is 6.54 Å². The lowest BCUT2D eigenvalue weighted by Crippen LogP contribution is -2.47. The molecular formula is C20H23NO5. The van der Waals surface area contributed by atoms with E-state index in [2.05, 4.69) is 0 Å². The summed E-state index contributed by atoms with van der Waals surface area (Å²) in [6.45, 7) is 4.64. The van der Waals surface area contributed by atoms with Crippen LogP contribution >= 0.6 is 0 Å². The molecule has 0 radical (unpaired) electrons. The molecule has 1 saturated heterocycles. The van der Waals surface area contributed by atoms with Gasteiger partial charge in [-0.3, -0.25) is 4.79 Å². The molecule has 6 nitrogen and oxygen atoms in total. The molecule has 2 aromatic rings. The molecule has 6 heteroatoms. The number of carbonyl (C=O) groups excluding carboxylic acids is 1. The minimum absolute atomic E-state index is 0.150. The number of nitrogens with zero attached hydrogens (tertiary/aromatic N) is 1. The number of piperidine rings is 1. The summed E-state index contributed by atoms with van der Waals surface area (Å²) in [4.78, 5) is 25.4. The van der Waals surface area contributed by atoms with E-state index in [9.17, 15) is 14.7 Å². The Labute approximate surface area is 152 Å². The van der Waals surface area contributed by atoms with Gasteiger partial charge in [0.1, 0.15) is 24.2 Å². The zero-order valence-electron chi connectivity index (χ0n) is 15.0. The normalized spacial score (nSPS) is 17.2.